The Morgan fingerprint density at radius 2 is 1.88 bits per heavy atom. The molecule has 6 heterocycles. The van der Waals surface area contributed by atoms with Gasteiger partial charge in [-0.25, -0.2) is 13.6 Å². The molecular weight excluding hydrogens is 740 g/mol. The van der Waals surface area contributed by atoms with E-state index in [4.69, 9.17) is 26.1 Å². The summed E-state index contributed by atoms with van der Waals surface area (Å²) in [5.74, 6) is 5.24. The van der Waals surface area contributed by atoms with Crippen molar-refractivity contribution in [2.45, 2.75) is 88.7 Å². The zero-order valence-corrected chi connectivity index (χ0v) is 32.9. The smallest absolute Gasteiger partial charge is 0.411 e. The lowest BCUT2D eigenvalue weighted by Crippen LogP contribution is -2.43. The van der Waals surface area contributed by atoms with Crippen molar-refractivity contribution in [3.63, 3.8) is 0 Å². The van der Waals surface area contributed by atoms with Gasteiger partial charge in [0.1, 0.15) is 35.4 Å². The molecule has 11 nitrogen and oxygen atoms in total. The van der Waals surface area contributed by atoms with Gasteiger partial charge in [0.2, 0.25) is 0 Å². The summed E-state index contributed by atoms with van der Waals surface area (Å²) in [5, 5.41) is 2.38. The van der Waals surface area contributed by atoms with Gasteiger partial charge in [0, 0.05) is 67.9 Å². The first-order chi connectivity index (χ1) is 26.8. The van der Waals surface area contributed by atoms with Gasteiger partial charge in [-0.05, 0) is 76.8 Å². The molecule has 2 amide bonds. The van der Waals surface area contributed by atoms with E-state index in [1.807, 2.05) is 57.0 Å². The van der Waals surface area contributed by atoms with Crippen LogP contribution >= 0.6 is 11.6 Å². The molecule has 8 rings (SSSR count). The largest absolute Gasteiger partial charge is 0.461 e. The Bertz CT molecular complexity index is 2250. The summed E-state index contributed by atoms with van der Waals surface area (Å²) in [6, 6.07) is 10.5. The number of ether oxygens (including phenoxy) is 2. The van der Waals surface area contributed by atoms with E-state index < -0.39 is 35.3 Å². The van der Waals surface area contributed by atoms with Gasteiger partial charge in [0.05, 0.1) is 17.0 Å². The molecule has 4 aromatic rings. The number of rotatable bonds is 6. The minimum atomic E-state index is -0.934. The highest BCUT2D eigenvalue weighted by Crippen LogP contribution is 2.41. The zero-order chi connectivity index (χ0) is 39.4. The number of carbonyl (C=O) groups excluding carboxylic acids is 2. The van der Waals surface area contributed by atoms with Crippen LogP contribution in [0.4, 0.5) is 19.4 Å². The quantitative estimate of drug-likeness (QED) is 0.191. The highest BCUT2D eigenvalue weighted by atomic mass is 35.5. The monoisotopic (exact) mass is 785 g/mol. The topological polar surface area (TPSA) is 104 Å². The van der Waals surface area contributed by atoms with Gasteiger partial charge in [-0.1, -0.05) is 47.9 Å². The van der Waals surface area contributed by atoms with E-state index in [1.54, 1.807) is 28.1 Å². The van der Waals surface area contributed by atoms with Crippen LogP contribution < -0.4 is 9.64 Å². The summed E-state index contributed by atoms with van der Waals surface area (Å²) < 4.78 is 43.4. The predicted octanol–water partition coefficient (Wildman–Crippen LogP) is 7.03. The SMILES string of the molecule is CN(c1nc(OCC23CCCN2C[C@H](F)C3)nc2c(F)c(-c3cccc4cccc(Cl)c34)ncc12)[C@@H]1CCN(C(=O)C#CC2CCCN2C(=O)OC(C)(C)C)C1. The maximum atomic E-state index is 16.9. The number of fused-ring (bicyclic) bond motifs is 3. The van der Waals surface area contributed by atoms with Gasteiger partial charge in [-0.3, -0.25) is 19.6 Å². The predicted molar refractivity (Wildman–Crippen MR) is 211 cm³/mol. The molecule has 0 aliphatic carbocycles. The molecule has 0 bridgehead atoms. The van der Waals surface area contributed by atoms with Gasteiger partial charge >= 0.3 is 12.1 Å². The van der Waals surface area contributed by atoms with E-state index in [2.05, 4.69) is 26.7 Å². The van der Waals surface area contributed by atoms with E-state index in [-0.39, 0.29) is 35.8 Å². The maximum absolute atomic E-state index is 16.9. The lowest BCUT2D eigenvalue weighted by molar-refractivity contribution is -0.124. The van der Waals surface area contributed by atoms with Crippen molar-refractivity contribution in [2.24, 2.45) is 0 Å². The van der Waals surface area contributed by atoms with Crippen LogP contribution in [0.25, 0.3) is 32.9 Å². The van der Waals surface area contributed by atoms with Gasteiger partial charge in [-0.15, -0.1) is 0 Å². The second-order valence-corrected chi connectivity index (χ2v) is 16.8. The van der Waals surface area contributed by atoms with Crippen molar-refractivity contribution in [3.8, 4) is 29.1 Å². The Balaban J connectivity index is 1.08. The van der Waals surface area contributed by atoms with Gasteiger partial charge in [0.25, 0.3) is 5.91 Å². The minimum absolute atomic E-state index is 0.0159. The van der Waals surface area contributed by atoms with Crippen molar-refractivity contribution in [2.75, 3.05) is 51.3 Å². The molecule has 294 valence electrons. The third-order valence-corrected chi connectivity index (χ3v) is 11.9. The molecule has 0 N–H and O–H groups in total. The van der Waals surface area contributed by atoms with Crippen LogP contribution in [0.15, 0.2) is 42.6 Å². The number of anilines is 1. The summed E-state index contributed by atoms with van der Waals surface area (Å²) in [5.41, 5.74) is -0.435. The Hall–Kier alpha value is -4.80. The van der Waals surface area contributed by atoms with Gasteiger partial charge in [0.15, 0.2) is 5.82 Å². The Morgan fingerprint density at radius 3 is 2.68 bits per heavy atom. The van der Waals surface area contributed by atoms with Gasteiger partial charge in [-0.2, -0.15) is 9.97 Å². The summed E-state index contributed by atoms with van der Waals surface area (Å²) >= 11 is 6.64. The number of likely N-dealkylation sites (N-methyl/N-ethyl adjacent to an activating group) is 1. The molecule has 4 aliphatic heterocycles. The number of hydrogen-bond acceptors (Lipinski definition) is 9. The van der Waals surface area contributed by atoms with E-state index in [0.717, 1.165) is 31.2 Å². The minimum Gasteiger partial charge on any atom is -0.461 e. The number of carbonyl (C=O) groups is 2. The average molecular weight is 786 g/mol. The first-order valence-corrected chi connectivity index (χ1v) is 19.8. The molecule has 4 fully saturated rings. The molecule has 2 aromatic carbocycles. The van der Waals surface area contributed by atoms with Crippen molar-refractivity contribution in [3.05, 3.63) is 53.4 Å². The number of amides is 2. The highest BCUT2D eigenvalue weighted by molar-refractivity contribution is 6.36. The average Bonchev–Trinajstić information content (AvgIpc) is 3.97. The number of hydrogen-bond donors (Lipinski definition) is 0. The summed E-state index contributed by atoms with van der Waals surface area (Å²) in [6.07, 6.45) is 4.38. The van der Waals surface area contributed by atoms with Crippen molar-refractivity contribution in [1.82, 2.24) is 29.7 Å². The van der Waals surface area contributed by atoms with E-state index in [1.165, 1.54) is 0 Å². The number of benzene rings is 2. The molecule has 0 radical (unpaired) electrons. The van der Waals surface area contributed by atoms with Crippen LogP contribution in [0.5, 0.6) is 6.01 Å². The first kappa shape index (κ1) is 38.1. The third kappa shape index (κ3) is 7.29. The summed E-state index contributed by atoms with van der Waals surface area (Å²) in [7, 11) is 1.85. The van der Waals surface area contributed by atoms with Crippen LogP contribution in [-0.4, -0.2) is 117 Å². The van der Waals surface area contributed by atoms with Crippen LogP contribution in [0.2, 0.25) is 5.02 Å². The highest BCUT2D eigenvalue weighted by Gasteiger charge is 2.49. The Labute approximate surface area is 330 Å². The van der Waals surface area contributed by atoms with Crippen molar-refractivity contribution < 1.29 is 27.8 Å². The lowest BCUT2D eigenvalue weighted by Gasteiger charge is -2.31. The number of alkyl halides is 1. The molecule has 4 atom stereocenters. The van der Waals surface area contributed by atoms with E-state index in [9.17, 15) is 14.0 Å². The number of likely N-dealkylation sites (tertiary alicyclic amines) is 2. The fourth-order valence-electron chi connectivity index (χ4n) is 8.78. The standard InChI is InChI=1S/C42H46ClF2N7O4/c1-41(2,3)56-40(54)52-19-7-11-28(52)14-15-33(53)50-20-16-29(24-50)49(4)38-31-22-46-36(30-12-5-9-26-10-6-13-32(43)34(26)30)35(45)37(31)47-39(48-38)55-25-42-17-8-18-51(42)23-27(44)21-42/h5-6,9-10,12-13,22,27-29H,7-8,11,16-21,23-25H2,1-4H3/t27-,28?,29-,42?/m1/s1. The fourth-order valence-corrected chi connectivity index (χ4v) is 9.06. The molecule has 0 saturated carbocycles. The van der Waals surface area contributed by atoms with E-state index in [0.29, 0.717) is 72.6 Å². The number of halogens is 3. The number of aromatic nitrogens is 3. The number of pyridine rings is 1. The van der Waals surface area contributed by atoms with Crippen LogP contribution in [0.3, 0.4) is 0 Å². The molecule has 14 heteroatoms. The molecule has 2 aromatic heterocycles. The third-order valence-electron chi connectivity index (χ3n) is 11.5. The Morgan fingerprint density at radius 1 is 1.07 bits per heavy atom. The summed E-state index contributed by atoms with van der Waals surface area (Å²) in [4.78, 5) is 47.6. The normalized spacial score (nSPS) is 23.7. The lowest BCUT2D eigenvalue weighted by atomic mass is 9.95. The van der Waals surface area contributed by atoms with Gasteiger partial charge < -0.3 is 19.3 Å². The molecule has 2 unspecified atom stereocenters. The second-order valence-electron chi connectivity index (χ2n) is 16.4. The molecule has 0 spiro atoms. The molecule has 56 heavy (non-hydrogen) atoms. The Kier molecular flexibility index (Phi) is 10.2. The second kappa shape index (κ2) is 14.9. The van der Waals surface area contributed by atoms with Crippen LogP contribution in [0.1, 0.15) is 59.3 Å². The van der Waals surface area contributed by atoms with Crippen molar-refractivity contribution >= 4 is 51.1 Å². The summed E-state index contributed by atoms with van der Waals surface area (Å²) in [6.45, 7) is 8.14. The van der Waals surface area contributed by atoms with Crippen LogP contribution in [0, 0.1) is 17.7 Å². The maximum Gasteiger partial charge on any atom is 0.411 e. The number of nitrogens with zero attached hydrogens (tertiary/aromatic N) is 7. The van der Waals surface area contributed by atoms with E-state index >= 15 is 4.39 Å². The van der Waals surface area contributed by atoms with Crippen LogP contribution in [-0.2, 0) is 9.53 Å². The first-order valence-electron chi connectivity index (χ1n) is 19.4. The molecule has 4 aliphatic rings. The fraction of sp³-hybridized carbons (Fsp3) is 0.500. The molecular formula is C42H46ClF2N7O4. The zero-order valence-electron chi connectivity index (χ0n) is 32.2. The van der Waals surface area contributed by atoms with Crippen molar-refractivity contribution in [1.29, 1.82) is 0 Å². The molecule has 4 saturated heterocycles.